The molecule has 8 nitrogen and oxygen atoms in total. The van der Waals surface area contributed by atoms with Gasteiger partial charge in [-0.15, -0.1) is 11.3 Å². The molecule has 0 saturated carbocycles. The predicted molar refractivity (Wildman–Crippen MR) is 118 cm³/mol. The van der Waals surface area contributed by atoms with E-state index in [0.717, 1.165) is 43.9 Å². The summed E-state index contributed by atoms with van der Waals surface area (Å²) in [6.07, 6.45) is 0.929. The summed E-state index contributed by atoms with van der Waals surface area (Å²) < 4.78 is 15.1. The zero-order valence-electron chi connectivity index (χ0n) is 17.2. The molecule has 3 rings (SSSR count). The maximum Gasteiger partial charge on any atom is 0.373 e. The molecule has 1 fully saturated rings. The minimum absolute atomic E-state index is 0.210. The van der Waals surface area contributed by atoms with E-state index < -0.39 is 5.97 Å². The summed E-state index contributed by atoms with van der Waals surface area (Å²) in [5.74, 6) is 0.0861. The van der Waals surface area contributed by atoms with Crippen molar-refractivity contribution in [2.45, 2.75) is 19.9 Å². The van der Waals surface area contributed by atoms with Gasteiger partial charge < -0.3 is 24.1 Å². The molecule has 0 amide bonds. The molecule has 0 bridgehead atoms. The predicted octanol–water partition coefficient (Wildman–Crippen LogP) is 3.13. The van der Waals surface area contributed by atoms with Crippen LogP contribution >= 0.6 is 23.6 Å². The number of thiocarbonyl (C=S) groups is 1. The van der Waals surface area contributed by atoms with Crippen molar-refractivity contribution in [1.29, 1.82) is 0 Å². The number of methoxy groups -OCH3 is 2. The Morgan fingerprint density at radius 1 is 1.17 bits per heavy atom. The van der Waals surface area contributed by atoms with Crippen molar-refractivity contribution < 1.29 is 23.5 Å². The molecule has 1 saturated heterocycles. The van der Waals surface area contributed by atoms with Gasteiger partial charge in [0.1, 0.15) is 10.6 Å². The highest BCUT2D eigenvalue weighted by Crippen LogP contribution is 2.28. The second-order valence-electron chi connectivity index (χ2n) is 6.92. The third-order valence-corrected chi connectivity index (χ3v) is 6.32. The van der Waals surface area contributed by atoms with Gasteiger partial charge in [-0.2, -0.15) is 0 Å². The second-order valence-corrected chi connectivity index (χ2v) is 8.19. The molecular formula is C20H25N3O5S2. The molecule has 3 heterocycles. The quantitative estimate of drug-likeness (QED) is 0.544. The summed E-state index contributed by atoms with van der Waals surface area (Å²) in [4.78, 5) is 28.4. The maximum atomic E-state index is 12.0. The first-order valence-electron chi connectivity index (χ1n) is 9.54. The van der Waals surface area contributed by atoms with E-state index in [1.165, 1.54) is 25.6 Å². The lowest BCUT2D eigenvalue weighted by atomic mass is 10.2. The zero-order chi connectivity index (χ0) is 21.7. The molecule has 2 aromatic heterocycles. The van der Waals surface area contributed by atoms with Crippen LogP contribution in [0.3, 0.4) is 0 Å². The topological polar surface area (TPSA) is 84.2 Å². The first-order valence-corrected chi connectivity index (χ1v) is 10.8. The summed E-state index contributed by atoms with van der Waals surface area (Å²) in [5.41, 5.74) is 1.67. The lowest BCUT2D eigenvalue weighted by molar-refractivity contribution is 0.0559. The molecule has 1 N–H and O–H groups in total. The van der Waals surface area contributed by atoms with Gasteiger partial charge in [-0.05, 0) is 48.6 Å². The van der Waals surface area contributed by atoms with Crippen LogP contribution in [-0.4, -0.2) is 67.2 Å². The number of hydrogen-bond donors (Lipinski definition) is 1. The Labute approximate surface area is 184 Å². The van der Waals surface area contributed by atoms with Crippen LogP contribution in [0, 0.1) is 6.92 Å². The van der Waals surface area contributed by atoms with Crippen molar-refractivity contribution in [2.75, 3.05) is 45.7 Å². The van der Waals surface area contributed by atoms with Crippen molar-refractivity contribution in [3.8, 4) is 0 Å². The maximum absolute atomic E-state index is 12.0. The average molecular weight is 452 g/mol. The first-order chi connectivity index (χ1) is 14.4. The van der Waals surface area contributed by atoms with E-state index in [1.807, 2.05) is 12.3 Å². The molecule has 2 aromatic rings. The number of hydrogen-bond acceptors (Lipinski definition) is 8. The van der Waals surface area contributed by atoms with Crippen LogP contribution in [0.15, 0.2) is 21.9 Å². The number of nitrogens with one attached hydrogen (secondary N) is 1. The Kier molecular flexibility index (Phi) is 7.46. The van der Waals surface area contributed by atoms with Crippen molar-refractivity contribution in [3.05, 3.63) is 39.5 Å². The number of carbonyl (C=O) groups excluding carboxylic acids is 2. The first kappa shape index (κ1) is 22.3. The molecule has 0 atom stereocenters. The third-order valence-electron chi connectivity index (χ3n) is 4.88. The van der Waals surface area contributed by atoms with Gasteiger partial charge in [-0.25, -0.2) is 9.59 Å². The molecular weight excluding hydrogens is 426 g/mol. The fourth-order valence-corrected chi connectivity index (χ4v) is 4.46. The largest absolute Gasteiger partial charge is 0.465 e. The summed E-state index contributed by atoms with van der Waals surface area (Å²) in [6.45, 7) is 5.78. The van der Waals surface area contributed by atoms with Crippen LogP contribution in [0.1, 0.15) is 38.0 Å². The van der Waals surface area contributed by atoms with Crippen LogP contribution in [0.2, 0.25) is 0 Å². The molecule has 0 aromatic carbocycles. The van der Waals surface area contributed by atoms with E-state index in [0.29, 0.717) is 22.2 Å². The second kappa shape index (κ2) is 10.1. The molecule has 10 heteroatoms. The van der Waals surface area contributed by atoms with Gasteiger partial charge in [-0.3, -0.25) is 4.90 Å². The normalized spacial score (nSPS) is 14.8. The van der Waals surface area contributed by atoms with Gasteiger partial charge in [0.05, 0.1) is 26.5 Å². The Balaban J connectivity index is 1.58. The molecule has 0 spiro atoms. The Morgan fingerprint density at radius 3 is 2.67 bits per heavy atom. The van der Waals surface area contributed by atoms with Gasteiger partial charge in [-0.1, -0.05) is 0 Å². The number of anilines is 1. The standard InChI is InChI=1S/C20H25N3O5S2/c1-13-12-30-17(19(25)27-3)16(13)21-20(29)23-8-4-7-22(9-10-23)11-14-5-6-15(28-14)18(24)26-2/h5-6,12H,4,7-11H2,1-3H3,(H,21,29). The Morgan fingerprint density at radius 2 is 1.93 bits per heavy atom. The highest BCUT2D eigenvalue weighted by Gasteiger charge is 2.22. The van der Waals surface area contributed by atoms with E-state index >= 15 is 0 Å². The van der Waals surface area contributed by atoms with Gasteiger partial charge in [0, 0.05) is 26.2 Å². The minimum Gasteiger partial charge on any atom is -0.465 e. The van der Waals surface area contributed by atoms with E-state index in [1.54, 1.807) is 12.1 Å². The van der Waals surface area contributed by atoms with Crippen molar-refractivity contribution in [2.24, 2.45) is 0 Å². The van der Waals surface area contributed by atoms with Crippen LogP contribution in [-0.2, 0) is 16.0 Å². The molecule has 1 aliphatic heterocycles. The molecule has 162 valence electrons. The summed E-state index contributed by atoms with van der Waals surface area (Å²) in [5, 5.41) is 5.74. The van der Waals surface area contributed by atoms with E-state index in [9.17, 15) is 9.59 Å². The number of esters is 2. The van der Waals surface area contributed by atoms with Crippen LogP contribution in [0.25, 0.3) is 0 Å². The zero-order valence-corrected chi connectivity index (χ0v) is 18.9. The van der Waals surface area contributed by atoms with Gasteiger partial charge in [0.25, 0.3) is 0 Å². The fourth-order valence-electron chi connectivity index (χ4n) is 3.25. The highest BCUT2D eigenvalue weighted by molar-refractivity contribution is 7.80. The number of furan rings is 1. The minimum atomic E-state index is -0.477. The summed E-state index contributed by atoms with van der Waals surface area (Å²) >= 11 is 6.96. The lowest BCUT2D eigenvalue weighted by Crippen LogP contribution is -2.38. The van der Waals surface area contributed by atoms with Crippen LogP contribution < -0.4 is 5.32 Å². The number of ether oxygens (including phenoxy) is 2. The average Bonchev–Trinajstić information content (AvgIpc) is 3.27. The monoisotopic (exact) mass is 451 g/mol. The molecule has 0 radical (unpaired) electrons. The molecule has 0 aliphatic carbocycles. The fraction of sp³-hybridized carbons (Fsp3) is 0.450. The highest BCUT2D eigenvalue weighted by atomic mass is 32.1. The number of nitrogens with zero attached hydrogens (tertiary/aromatic N) is 2. The smallest absolute Gasteiger partial charge is 0.373 e. The van der Waals surface area contributed by atoms with Gasteiger partial charge in [0.2, 0.25) is 5.76 Å². The lowest BCUT2D eigenvalue weighted by Gasteiger charge is -2.24. The summed E-state index contributed by atoms with van der Waals surface area (Å²) in [7, 11) is 2.70. The van der Waals surface area contributed by atoms with E-state index in [2.05, 4.69) is 19.9 Å². The molecule has 1 aliphatic rings. The molecule has 0 unspecified atom stereocenters. The van der Waals surface area contributed by atoms with Crippen molar-refractivity contribution >= 4 is 46.3 Å². The van der Waals surface area contributed by atoms with Gasteiger partial charge in [0.15, 0.2) is 5.11 Å². The number of aryl methyl sites for hydroxylation is 1. The Bertz CT molecular complexity index is 923. The number of rotatable bonds is 5. The van der Waals surface area contributed by atoms with E-state index in [-0.39, 0.29) is 11.7 Å². The molecule has 30 heavy (non-hydrogen) atoms. The number of carbonyl (C=O) groups is 2. The van der Waals surface area contributed by atoms with E-state index in [4.69, 9.17) is 21.4 Å². The SMILES string of the molecule is COC(=O)c1ccc(CN2CCCN(C(=S)Nc3c(C)csc3C(=O)OC)CC2)o1. The van der Waals surface area contributed by atoms with Crippen molar-refractivity contribution in [1.82, 2.24) is 9.80 Å². The summed E-state index contributed by atoms with van der Waals surface area (Å²) in [6, 6.07) is 3.43. The third kappa shape index (κ3) is 5.18. The van der Waals surface area contributed by atoms with Gasteiger partial charge >= 0.3 is 11.9 Å². The number of thiophene rings is 1. The van der Waals surface area contributed by atoms with Crippen LogP contribution in [0.4, 0.5) is 5.69 Å². The van der Waals surface area contributed by atoms with Crippen LogP contribution in [0.5, 0.6) is 0 Å². The van der Waals surface area contributed by atoms with Crippen molar-refractivity contribution in [3.63, 3.8) is 0 Å². The Hall–Kier alpha value is -2.43.